The van der Waals surface area contributed by atoms with Crippen LogP contribution in [-0.2, 0) is 10.0 Å². The zero-order valence-electron chi connectivity index (χ0n) is 17.0. The summed E-state index contributed by atoms with van der Waals surface area (Å²) < 4.78 is 33.5. The molecule has 1 aliphatic rings. The highest BCUT2D eigenvalue weighted by atomic mass is 32.2. The normalized spacial score (nSPS) is 16.0. The molecule has 3 rings (SSSR count). The maximum absolute atomic E-state index is 13.1. The lowest BCUT2D eigenvalue weighted by Gasteiger charge is -2.30. The number of aryl methyl sites for hydroxylation is 1. The Morgan fingerprint density at radius 3 is 2.64 bits per heavy atom. The molecule has 2 aromatic rings. The van der Waals surface area contributed by atoms with Crippen LogP contribution in [0.4, 0.5) is 0 Å². The summed E-state index contributed by atoms with van der Waals surface area (Å²) in [7, 11) is -1.91. The third-order valence-corrected chi connectivity index (χ3v) is 7.60. The number of benzene rings is 1. The number of furan rings is 1. The standard InChI is InChI=1S/C21H30N2O4S/c1-4-5-13-22-21(24)20-15(2)18-14-17(11-12-19(18)27-20)28(25,26)23(3)16-9-7-6-8-10-16/h11-12,14,16H,4-10,13H2,1-3H3,(H,22,24). The summed E-state index contributed by atoms with van der Waals surface area (Å²) in [6.45, 7) is 4.45. The number of hydrogen-bond acceptors (Lipinski definition) is 4. The van der Waals surface area contributed by atoms with Gasteiger partial charge in [0, 0.05) is 30.6 Å². The van der Waals surface area contributed by atoms with Gasteiger partial charge in [0.1, 0.15) is 5.58 Å². The molecule has 1 fully saturated rings. The van der Waals surface area contributed by atoms with Crippen LogP contribution in [0, 0.1) is 6.92 Å². The molecule has 1 aromatic carbocycles. The summed E-state index contributed by atoms with van der Waals surface area (Å²) in [5, 5.41) is 3.51. The van der Waals surface area contributed by atoms with E-state index >= 15 is 0 Å². The number of rotatable bonds is 7. The minimum Gasteiger partial charge on any atom is -0.451 e. The van der Waals surface area contributed by atoms with E-state index in [2.05, 4.69) is 12.2 Å². The second-order valence-corrected chi connectivity index (χ2v) is 9.63. The predicted octanol–water partition coefficient (Wildman–Crippen LogP) is 4.22. The highest BCUT2D eigenvalue weighted by Gasteiger charge is 2.30. The lowest BCUT2D eigenvalue weighted by molar-refractivity contribution is 0.0926. The number of fused-ring (bicyclic) bond motifs is 1. The number of nitrogens with zero attached hydrogens (tertiary/aromatic N) is 1. The fourth-order valence-electron chi connectivity index (χ4n) is 3.84. The summed E-state index contributed by atoms with van der Waals surface area (Å²) in [6, 6.07) is 4.90. The molecule has 0 bridgehead atoms. The third kappa shape index (κ3) is 4.10. The number of sulfonamides is 1. The van der Waals surface area contributed by atoms with Crippen LogP contribution in [0.2, 0.25) is 0 Å². The minimum atomic E-state index is -3.58. The molecule has 0 atom stereocenters. The van der Waals surface area contributed by atoms with Crippen molar-refractivity contribution in [3.8, 4) is 0 Å². The molecule has 1 N–H and O–H groups in total. The van der Waals surface area contributed by atoms with Gasteiger partial charge in [0.05, 0.1) is 4.90 Å². The molecule has 0 aliphatic heterocycles. The van der Waals surface area contributed by atoms with Gasteiger partial charge in [-0.15, -0.1) is 0 Å². The van der Waals surface area contributed by atoms with Crippen molar-refractivity contribution in [1.29, 1.82) is 0 Å². The fourth-order valence-corrected chi connectivity index (χ4v) is 5.29. The minimum absolute atomic E-state index is 0.0554. The van der Waals surface area contributed by atoms with Gasteiger partial charge in [-0.1, -0.05) is 32.6 Å². The first-order chi connectivity index (χ1) is 13.4. The van der Waals surface area contributed by atoms with Crippen LogP contribution in [0.3, 0.4) is 0 Å². The molecular formula is C21H30N2O4S. The molecular weight excluding hydrogens is 376 g/mol. The number of carbonyl (C=O) groups is 1. The van der Waals surface area contributed by atoms with Gasteiger partial charge in [-0.05, 0) is 44.4 Å². The van der Waals surface area contributed by atoms with E-state index < -0.39 is 10.0 Å². The Kier molecular flexibility index (Phi) is 6.45. The van der Waals surface area contributed by atoms with E-state index in [1.54, 1.807) is 32.2 Å². The Morgan fingerprint density at radius 2 is 1.96 bits per heavy atom. The lowest BCUT2D eigenvalue weighted by Crippen LogP contribution is -2.38. The van der Waals surface area contributed by atoms with Crippen molar-refractivity contribution in [2.24, 2.45) is 0 Å². The first-order valence-corrected chi connectivity index (χ1v) is 11.6. The van der Waals surface area contributed by atoms with Gasteiger partial charge in [0.2, 0.25) is 10.0 Å². The average Bonchev–Trinajstić information content (AvgIpc) is 3.04. The second kappa shape index (κ2) is 8.66. The van der Waals surface area contributed by atoms with E-state index in [1.807, 2.05) is 0 Å². The molecule has 28 heavy (non-hydrogen) atoms. The number of hydrogen-bond donors (Lipinski definition) is 1. The number of amides is 1. The topological polar surface area (TPSA) is 79.6 Å². The lowest BCUT2D eigenvalue weighted by atomic mass is 9.96. The van der Waals surface area contributed by atoms with E-state index in [1.165, 1.54) is 10.7 Å². The van der Waals surface area contributed by atoms with Crippen LogP contribution >= 0.6 is 0 Å². The summed E-state index contributed by atoms with van der Waals surface area (Å²) in [6.07, 6.45) is 7.03. The van der Waals surface area contributed by atoms with Crippen molar-refractivity contribution in [1.82, 2.24) is 9.62 Å². The third-order valence-electron chi connectivity index (χ3n) is 5.70. The van der Waals surface area contributed by atoms with Gasteiger partial charge in [-0.3, -0.25) is 4.79 Å². The average molecular weight is 407 g/mol. The Balaban J connectivity index is 1.89. The van der Waals surface area contributed by atoms with Crippen molar-refractivity contribution >= 4 is 26.9 Å². The maximum Gasteiger partial charge on any atom is 0.287 e. The van der Waals surface area contributed by atoms with Gasteiger partial charge in [0.25, 0.3) is 5.91 Å². The van der Waals surface area contributed by atoms with Crippen molar-refractivity contribution in [3.63, 3.8) is 0 Å². The monoisotopic (exact) mass is 406 g/mol. The molecule has 0 saturated heterocycles. The first kappa shape index (κ1) is 20.9. The van der Waals surface area contributed by atoms with Crippen LogP contribution in [0.5, 0.6) is 0 Å². The Labute approximate surface area is 167 Å². The van der Waals surface area contributed by atoms with Gasteiger partial charge in [0.15, 0.2) is 5.76 Å². The fraction of sp³-hybridized carbons (Fsp3) is 0.571. The summed E-state index contributed by atoms with van der Waals surface area (Å²) >= 11 is 0. The zero-order chi connectivity index (χ0) is 20.3. The van der Waals surface area contributed by atoms with Gasteiger partial charge >= 0.3 is 0 Å². The SMILES string of the molecule is CCCCNC(=O)c1oc2ccc(S(=O)(=O)N(C)C3CCCCC3)cc2c1C. The van der Waals surface area contributed by atoms with Gasteiger partial charge in [-0.25, -0.2) is 8.42 Å². The van der Waals surface area contributed by atoms with E-state index in [-0.39, 0.29) is 22.6 Å². The van der Waals surface area contributed by atoms with E-state index in [0.717, 1.165) is 38.5 Å². The van der Waals surface area contributed by atoms with Crippen LogP contribution in [0.1, 0.15) is 68.0 Å². The molecule has 1 heterocycles. The van der Waals surface area contributed by atoms with E-state index in [0.29, 0.717) is 23.1 Å². The van der Waals surface area contributed by atoms with E-state index in [4.69, 9.17) is 4.42 Å². The highest BCUT2D eigenvalue weighted by molar-refractivity contribution is 7.89. The van der Waals surface area contributed by atoms with Gasteiger partial charge < -0.3 is 9.73 Å². The Morgan fingerprint density at radius 1 is 1.25 bits per heavy atom. The first-order valence-electron chi connectivity index (χ1n) is 10.2. The number of carbonyl (C=O) groups excluding carboxylic acids is 1. The van der Waals surface area contributed by atoms with Crippen LogP contribution < -0.4 is 5.32 Å². The zero-order valence-corrected chi connectivity index (χ0v) is 17.8. The summed E-state index contributed by atoms with van der Waals surface area (Å²) in [5.74, 6) is -0.00725. The molecule has 7 heteroatoms. The maximum atomic E-state index is 13.1. The van der Waals surface area contributed by atoms with Crippen LogP contribution in [-0.4, -0.2) is 38.3 Å². The number of nitrogens with one attached hydrogen (secondary N) is 1. The quantitative estimate of drug-likeness (QED) is 0.698. The molecule has 0 radical (unpaired) electrons. The van der Waals surface area contributed by atoms with Crippen LogP contribution in [0.25, 0.3) is 11.0 Å². The molecule has 1 amide bonds. The van der Waals surface area contributed by atoms with Crippen molar-refractivity contribution in [2.45, 2.75) is 69.7 Å². The molecule has 1 aliphatic carbocycles. The van der Waals surface area contributed by atoms with Crippen molar-refractivity contribution < 1.29 is 17.6 Å². The smallest absolute Gasteiger partial charge is 0.287 e. The molecule has 0 spiro atoms. The predicted molar refractivity (Wildman–Crippen MR) is 110 cm³/mol. The second-order valence-electron chi connectivity index (χ2n) is 7.64. The van der Waals surface area contributed by atoms with Crippen LogP contribution in [0.15, 0.2) is 27.5 Å². The summed E-state index contributed by atoms with van der Waals surface area (Å²) in [4.78, 5) is 12.6. The van der Waals surface area contributed by atoms with Gasteiger partial charge in [-0.2, -0.15) is 4.31 Å². The Hall–Kier alpha value is -1.86. The van der Waals surface area contributed by atoms with Crippen molar-refractivity contribution in [3.05, 3.63) is 29.5 Å². The van der Waals surface area contributed by atoms with Crippen molar-refractivity contribution in [2.75, 3.05) is 13.6 Å². The molecule has 154 valence electrons. The van der Waals surface area contributed by atoms with E-state index in [9.17, 15) is 13.2 Å². The largest absolute Gasteiger partial charge is 0.451 e. The Bertz CT molecular complexity index is 943. The molecule has 0 unspecified atom stereocenters. The molecule has 1 aromatic heterocycles. The molecule has 1 saturated carbocycles. The highest BCUT2D eigenvalue weighted by Crippen LogP contribution is 2.31. The molecule has 6 nitrogen and oxygen atoms in total. The number of unbranched alkanes of at least 4 members (excludes halogenated alkanes) is 1. The summed E-state index contributed by atoms with van der Waals surface area (Å²) in [5.41, 5.74) is 1.19.